The van der Waals surface area contributed by atoms with E-state index in [2.05, 4.69) is 14.8 Å². The number of hydrogen-bond acceptors (Lipinski definition) is 4. The van der Waals surface area contributed by atoms with Crippen LogP contribution >= 0.6 is 0 Å². The number of aryl methyl sites for hydroxylation is 1. The monoisotopic (exact) mass is 332 g/mol. The average Bonchev–Trinajstić information content (AvgIpc) is 2.95. The van der Waals surface area contributed by atoms with Crippen molar-refractivity contribution in [2.75, 3.05) is 4.72 Å². The van der Waals surface area contributed by atoms with Crippen LogP contribution in [0, 0.1) is 0 Å². The highest BCUT2D eigenvalue weighted by molar-refractivity contribution is 7.92. The predicted molar refractivity (Wildman–Crippen MR) is 86.8 cm³/mol. The predicted octanol–water partition coefficient (Wildman–Crippen LogP) is 2.68. The third kappa shape index (κ3) is 2.63. The Balaban J connectivity index is 1.67. The molecule has 1 N–H and O–H groups in total. The largest absolute Gasteiger partial charge is 0.279 e. The molecule has 0 aliphatic heterocycles. The Morgan fingerprint density at radius 3 is 2.74 bits per heavy atom. The van der Waals surface area contributed by atoms with Crippen molar-refractivity contribution in [2.24, 2.45) is 0 Å². The maximum atomic E-state index is 12.8. The van der Waals surface area contributed by atoms with Gasteiger partial charge >= 0.3 is 0 Å². The number of sulfonamides is 1. The molecule has 1 saturated carbocycles. The second-order valence-electron chi connectivity index (χ2n) is 6.34. The molecular weight excluding hydrogens is 312 g/mol. The molecule has 122 valence electrons. The lowest BCUT2D eigenvalue weighted by Gasteiger charge is -2.27. The molecule has 0 atom stereocenters. The molecule has 0 bridgehead atoms. The van der Waals surface area contributed by atoms with Crippen molar-refractivity contribution in [3.63, 3.8) is 0 Å². The summed E-state index contributed by atoms with van der Waals surface area (Å²) in [6.07, 6.45) is 12.2. The first-order chi connectivity index (χ1) is 11.1. The zero-order valence-corrected chi connectivity index (χ0v) is 13.7. The summed E-state index contributed by atoms with van der Waals surface area (Å²) in [5.74, 6) is 0. The van der Waals surface area contributed by atoms with Crippen LogP contribution in [0.1, 0.15) is 49.3 Å². The number of anilines is 1. The maximum absolute atomic E-state index is 12.8. The molecule has 1 fully saturated rings. The van der Waals surface area contributed by atoms with Gasteiger partial charge in [-0.3, -0.25) is 9.71 Å². The van der Waals surface area contributed by atoms with Crippen molar-refractivity contribution in [2.45, 2.75) is 56.0 Å². The molecule has 0 spiro atoms. The highest BCUT2D eigenvalue weighted by Gasteiger charge is 2.28. The van der Waals surface area contributed by atoms with Crippen LogP contribution in [0.2, 0.25) is 0 Å². The molecule has 0 unspecified atom stereocenters. The molecule has 2 aliphatic rings. The van der Waals surface area contributed by atoms with E-state index < -0.39 is 10.0 Å². The van der Waals surface area contributed by atoms with E-state index >= 15 is 0 Å². The van der Waals surface area contributed by atoms with Crippen LogP contribution < -0.4 is 4.72 Å². The zero-order chi connectivity index (χ0) is 15.9. The third-order valence-electron chi connectivity index (χ3n) is 4.84. The minimum Gasteiger partial charge on any atom is -0.277 e. The van der Waals surface area contributed by atoms with E-state index in [1.54, 1.807) is 23.1 Å². The second kappa shape index (κ2) is 5.63. The lowest BCUT2D eigenvalue weighted by molar-refractivity contribution is 0.271. The van der Waals surface area contributed by atoms with Gasteiger partial charge in [-0.1, -0.05) is 0 Å². The molecular formula is C16H20N4O2S. The fourth-order valence-electron chi connectivity index (χ4n) is 3.36. The highest BCUT2D eigenvalue weighted by Crippen LogP contribution is 2.34. The van der Waals surface area contributed by atoms with Crippen molar-refractivity contribution >= 4 is 15.7 Å². The summed E-state index contributed by atoms with van der Waals surface area (Å²) in [6.45, 7) is 0. The van der Waals surface area contributed by atoms with E-state index in [9.17, 15) is 8.42 Å². The van der Waals surface area contributed by atoms with Crippen molar-refractivity contribution in [1.29, 1.82) is 0 Å². The summed E-state index contributed by atoms with van der Waals surface area (Å²) in [5.41, 5.74) is 2.86. The van der Waals surface area contributed by atoms with E-state index in [4.69, 9.17) is 0 Å². The number of pyridine rings is 1. The zero-order valence-electron chi connectivity index (χ0n) is 12.9. The first-order valence-electron chi connectivity index (χ1n) is 8.17. The smallest absolute Gasteiger partial charge is 0.277 e. The summed E-state index contributed by atoms with van der Waals surface area (Å²) in [7, 11) is -3.64. The average molecular weight is 332 g/mol. The standard InChI is InChI=1S/C16H20N4O2S/c21-23(22,16-8-9-18-20(16)13-5-3-6-13)19-15-11-17-10-12-4-1-2-7-14(12)15/h8-11,13,19H,1-7H2. The molecule has 4 rings (SSSR count). The van der Waals surface area contributed by atoms with Crippen molar-refractivity contribution < 1.29 is 8.42 Å². The Bertz CT molecular complexity index is 824. The van der Waals surface area contributed by atoms with Gasteiger partial charge in [0.15, 0.2) is 5.03 Å². The number of aromatic nitrogens is 3. The Hall–Kier alpha value is -1.89. The Morgan fingerprint density at radius 2 is 1.96 bits per heavy atom. The van der Waals surface area contributed by atoms with Crippen molar-refractivity contribution in [3.05, 3.63) is 35.8 Å². The quantitative estimate of drug-likeness (QED) is 0.934. The summed E-state index contributed by atoms with van der Waals surface area (Å²) >= 11 is 0. The van der Waals surface area contributed by atoms with Gasteiger partial charge in [0.25, 0.3) is 10.0 Å². The minimum absolute atomic E-state index is 0.208. The molecule has 0 aromatic carbocycles. The molecule has 2 aromatic heterocycles. The molecule has 0 radical (unpaired) electrons. The lowest BCUT2D eigenvalue weighted by Crippen LogP contribution is -2.25. The van der Waals surface area contributed by atoms with Gasteiger partial charge in [0.2, 0.25) is 0 Å². The van der Waals surface area contributed by atoms with Gasteiger partial charge in [-0.2, -0.15) is 13.5 Å². The first-order valence-corrected chi connectivity index (χ1v) is 9.65. The molecule has 2 aromatic rings. The molecule has 7 heteroatoms. The van der Waals surface area contributed by atoms with Crippen LogP contribution in [0.5, 0.6) is 0 Å². The van der Waals surface area contributed by atoms with Crippen molar-refractivity contribution in [1.82, 2.24) is 14.8 Å². The number of hydrogen-bond donors (Lipinski definition) is 1. The summed E-state index contributed by atoms with van der Waals surface area (Å²) in [6, 6.07) is 1.78. The van der Waals surface area contributed by atoms with Gasteiger partial charge in [-0.25, -0.2) is 4.68 Å². The molecule has 23 heavy (non-hydrogen) atoms. The van der Waals surface area contributed by atoms with Gasteiger partial charge in [0.1, 0.15) is 0 Å². The van der Waals surface area contributed by atoms with Crippen LogP contribution in [0.15, 0.2) is 29.7 Å². The maximum Gasteiger partial charge on any atom is 0.279 e. The molecule has 0 amide bonds. The molecule has 2 aliphatic carbocycles. The van der Waals surface area contributed by atoms with Crippen LogP contribution in [0.3, 0.4) is 0 Å². The van der Waals surface area contributed by atoms with Gasteiger partial charge < -0.3 is 0 Å². The number of fused-ring (bicyclic) bond motifs is 1. The minimum atomic E-state index is -3.64. The Labute approximate surface area is 136 Å². The summed E-state index contributed by atoms with van der Waals surface area (Å²) in [5, 5.41) is 4.46. The molecule has 0 saturated heterocycles. The van der Waals surface area contributed by atoms with E-state index in [1.807, 2.05) is 6.20 Å². The van der Waals surface area contributed by atoms with Crippen LogP contribution in [-0.4, -0.2) is 23.2 Å². The van der Waals surface area contributed by atoms with Gasteiger partial charge in [0, 0.05) is 6.20 Å². The normalized spacial score (nSPS) is 18.3. The topological polar surface area (TPSA) is 76.9 Å². The van der Waals surface area contributed by atoms with E-state index in [1.165, 1.54) is 0 Å². The van der Waals surface area contributed by atoms with Crippen LogP contribution in [0.25, 0.3) is 0 Å². The second-order valence-corrected chi connectivity index (χ2v) is 7.97. The van der Waals surface area contributed by atoms with Gasteiger partial charge in [-0.15, -0.1) is 0 Å². The first kappa shape index (κ1) is 14.7. The van der Waals surface area contributed by atoms with E-state index in [-0.39, 0.29) is 11.1 Å². The molecule has 6 nitrogen and oxygen atoms in total. The Kier molecular flexibility index (Phi) is 3.60. The fourth-order valence-corrected chi connectivity index (χ4v) is 4.62. The highest BCUT2D eigenvalue weighted by atomic mass is 32.2. The Morgan fingerprint density at radius 1 is 1.13 bits per heavy atom. The number of rotatable bonds is 4. The van der Waals surface area contributed by atoms with Gasteiger partial charge in [0.05, 0.1) is 24.1 Å². The summed E-state index contributed by atoms with van der Waals surface area (Å²) in [4.78, 5) is 4.20. The van der Waals surface area contributed by atoms with E-state index in [0.29, 0.717) is 5.69 Å². The third-order valence-corrected chi connectivity index (χ3v) is 6.21. The lowest BCUT2D eigenvalue weighted by atomic mass is 9.92. The number of nitrogens with one attached hydrogen (secondary N) is 1. The van der Waals surface area contributed by atoms with Gasteiger partial charge in [-0.05, 0) is 62.1 Å². The number of nitrogens with zero attached hydrogens (tertiary/aromatic N) is 3. The fraction of sp³-hybridized carbons (Fsp3) is 0.500. The van der Waals surface area contributed by atoms with Crippen molar-refractivity contribution in [3.8, 4) is 0 Å². The SMILES string of the molecule is O=S(=O)(Nc1cncc2c1CCCC2)c1ccnn1C1CCC1. The summed E-state index contributed by atoms with van der Waals surface area (Å²) < 4.78 is 30.0. The van der Waals surface area contributed by atoms with Crippen LogP contribution in [0.4, 0.5) is 5.69 Å². The van der Waals surface area contributed by atoms with Crippen LogP contribution in [-0.2, 0) is 22.9 Å². The van der Waals surface area contributed by atoms with E-state index in [0.717, 1.165) is 56.1 Å². The molecule has 2 heterocycles.